The molecule has 21 heavy (non-hydrogen) atoms. The smallest absolute Gasteiger partial charge is 0.224 e. The summed E-state index contributed by atoms with van der Waals surface area (Å²) in [5.74, 6) is 0.165. The first-order valence-electron chi connectivity index (χ1n) is 6.87. The summed E-state index contributed by atoms with van der Waals surface area (Å²) in [4.78, 5) is 12.2. The van der Waals surface area contributed by atoms with Crippen molar-refractivity contribution in [3.05, 3.63) is 58.1 Å². The first-order chi connectivity index (χ1) is 9.97. The molecule has 1 atom stereocenters. The van der Waals surface area contributed by atoms with Crippen LogP contribution in [0.1, 0.15) is 30.4 Å². The Labute approximate surface area is 133 Å². The minimum absolute atomic E-state index is 0.0144. The summed E-state index contributed by atoms with van der Waals surface area (Å²) in [7, 11) is 0. The number of nitrogens with one attached hydrogen (secondary N) is 1. The molecule has 0 aliphatic heterocycles. The van der Waals surface area contributed by atoms with E-state index in [0.717, 1.165) is 27.0 Å². The predicted molar refractivity (Wildman–Crippen MR) is 91.4 cm³/mol. The van der Waals surface area contributed by atoms with Gasteiger partial charge in [0, 0.05) is 22.3 Å². The van der Waals surface area contributed by atoms with Gasteiger partial charge in [0.15, 0.2) is 0 Å². The molecule has 0 fully saturated rings. The van der Waals surface area contributed by atoms with Gasteiger partial charge in [0.05, 0.1) is 0 Å². The molecule has 1 unspecified atom stereocenters. The number of nitrogens with two attached hydrogens (primary N) is 1. The van der Waals surface area contributed by atoms with Crippen molar-refractivity contribution in [2.75, 3.05) is 11.1 Å². The molecule has 3 N–H and O–H groups in total. The standard InChI is InChI=1S/C17H19BrN2O/c1-11(13-6-8-14(19)9-7-13)10-17(21)20-16-5-3-4-15(18)12(16)2/h3-9,11H,10,19H2,1-2H3,(H,20,21). The largest absolute Gasteiger partial charge is 0.399 e. The summed E-state index contributed by atoms with van der Waals surface area (Å²) >= 11 is 3.47. The zero-order chi connectivity index (χ0) is 15.4. The van der Waals surface area contributed by atoms with E-state index in [0.29, 0.717) is 6.42 Å². The van der Waals surface area contributed by atoms with E-state index in [1.807, 2.05) is 56.3 Å². The third kappa shape index (κ3) is 4.08. The quantitative estimate of drug-likeness (QED) is 0.802. The van der Waals surface area contributed by atoms with Crippen molar-refractivity contribution in [3.63, 3.8) is 0 Å². The van der Waals surface area contributed by atoms with Crippen molar-refractivity contribution in [3.8, 4) is 0 Å². The maximum absolute atomic E-state index is 12.2. The van der Waals surface area contributed by atoms with Crippen LogP contribution in [0.3, 0.4) is 0 Å². The summed E-state index contributed by atoms with van der Waals surface area (Å²) in [5.41, 5.74) is 9.41. The maximum Gasteiger partial charge on any atom is 0.224 e. The third-order valence-electron chi connectivity index (χ3n) is 3.54. The van der Waals surface area contributed by atoms with Gasteiger partial charge in [-0.2, -0.15) is 0 Å². The molecule has 0 saturated heterocycles. The summed E-state index contributed by atoms with van der Waals surface area (Å²) in [6.07, 6.45) is 0.440. The van der Waals surface area contributed by atoms with E-state index < -0.39 is 0 Å². The zero-order valence-corrected chi connectivity index (χ0v) is 13.8. The van der Waals surface area contributed by atoms with Crippen LogP contribution in [0, 0.1) is 6.92 Å². The van der Waals surface area contributed by atoms with Crippen molar-refractivity contribution in [2.45, 2.75) is 26.2 Å². The van der Waals surface area contributed by atoms with Gasteiger partial charge in [-0.1, -0.05) is 41.1 Å². The van der Waals surface area contributed by atoms with Crippen LogP contribution in [0.15, 0.2) is 46.9 Å². The number of nitrogen functional groups attached to an aromatic ring is 1. The summed E-state index contributed by atoms with van der Waals surface area (Å²) < 4.78 is 0.992. The van der Waals surface area contributed by atoms with Gasteiger partial charge in [0.25, 0.3) is 0 Å². The molecule has 4 heteroatoms. The number of amides is 1. The Balaban J connectivity index is 2.01. The van der Waals surface area contributed by atoms with Crippen molar-refractivity contribution in [1.29, 1.82) is 0 Å². The van der Waals surface area contributed by atoms with Gasteiger partial charge in [-0.05, 0) is 48.2 Å². The fraction of sp³-hybridized carbons (Fsp3) is 0.235. The maximum atomic E-state index is 12.2. The van der Waals surface area contributed by atoms with E-state index in [2.05, 4.69) is 21.2 Å². The van der Waals surface area contributed by atoms with Crippen molar-refractivity contribution in [2.24, 2.45) is 0 Å². The summed E-state index contributed by atoms with van der Waals surface area (Å²) in [6, 6.07) is 13.4. The molecular formula is C17H19BrN2O. The van der Waals surface area contributed by atoms with Gasteiger partial charge in [-0.15, -0.1) is 0 Å². The molecule has 2 aromatic carbocycles. The minimum atomic E-state index is 0.0144. The number of benzene rings is 2. The Morgan fingerprint density at radius 3 is 2.57 bits per heavy atom. The Bertz CT molecular complexity index is 638. The van der Waals surface area contributed by atoms with Crippen LogP contribution in [0.5, 0.6) is 0 Å². The monoisotopic (exact) mass is 346 g/mol. The van der Waals surface area contributed by atoms with Crippen LogP contribution in [-0.2, 0) is 4.79 Å². The number of halogens is 1. The molecule has 0 aliphatic rings. The van der Waals surface area contributed by atoms with E-state index in [1.165, 1.54) is 0 Å². The number of anilines is 2. The van der Waals surface area contributed by atoms with Crippen LogP contribution in [0.4, 0.5) is 11.4 Å². The van der Waals surface area contributed by atoms with Gasteiger partial charge in [0.1, 0.15) is 0 Å². The molecule has 0 spiro atoms. The number of rotatable bonds is 4. The molecular weight excluding hydrogens is 328 g/mol. The van der Waals surface area contributed by atoms with Gasteiger partial charge in [-0.3, -0.25) is 4.79 Å². The van der Waals surface area contributed by atoms with E-state index in [-0.39, 0.29) is 11.8 Å². The van der Waals surface area contributed by atoms with Crippen LogP contribution < -0.4 is 11.1 Å². The second kappa shape index (κ2) is 6.76. The molecule has 0 heterocycles. The third-order valence-corrected chi connectivity index (χ3v) is 4.40. The van der Waals surface area contributed by atoms with Crippen LogP contribution in [0.25, 0.3) is 0 Å². The van der Waals surface area contributed by atoms with Gasteiger partial charge >= 0.3 is 0 Å². The molecule has 2 rings (SSSR count). The van der Waals surface area contributed by atoms with Gasteiger partial charge < -0.3 is 11.1 Å². The number of carbonyl (C=O) groups excluding carboxylic acids is 1. The Hall–Kier alpha value is -1.81. The first kappa shape index (κ1) is 15.6. The fourth-order valence-corrected chi connectivity index (χ4v) is 2.53. The SMILES string of the molecule is Cc1c(Br)cccc1NC(=O)CC(C)c1ccc(N)cc1. The number of hydrogen-bond acceptors (Lipinski definition) is 2. The summed E-state index contributed by atoms with van der Waals surface area (Å²) in [5, 5.41) is 2.97. The Kier molecular flexibility index (Phi) is 5.02. The average molecular weight is 347 g/mol. The molecule has 0 aromatic heterocycles. The number of carbonyl (C=O) groups is 1. The lowest BCUT2D eigenvalue weighted by Crippen LogP contribution is -2.15. The van der Waals surface area contributed by atoms with Crippen molar-refractivity contribution >= 4 is 33.2 Å². The van der Waals surface area contributed by atoms with Crippen LogP contribution in [0.2, 0.25) is 0 Å². The molecule has 1 amide bonds. The molecule has 0 saturated carbocycles. The average Bonchev–Trinajstić information content (AvgIpc) is 2.44. The Morgan fingerprint density at radius 1 is 1.24 bits per heavy atom. The zero-order valence-electron chi connectivity index (χ0n) is 12.2. The van der Waals surface area contributed by atoms with Crippen LogP contribution >= 0.6 is 15.9 Å². The molecule has 0 radical (unpaired) electrons. The molecule has 0 bridgehead atoms. The highest BCUT2D eigenvalue weighted by Crippen LogP contribution is 2.25. The van der Waals surface area contributed by atoms with E-state index in [9.17, 15) is 4.79 Å². The van der Waals surface area contributed by atoms with E-state index >= 15 is 0 Å². The second-order valence-electron chi connectivity index (χ2n) is 5.23. The predicted octanol–water partition coefficient (Wildman–Crippen LogP) is 4.47. The first-order valence-corrected chi connectivity index (χ1v) is 7.67. The normalized spacial score (nSPS) is 12.0. The van der Waals surface area contributed by atoms with E-state index in [4.69, 9.17) is 5.73 Å². The van der Waals surface area contributed by atoms with Crippen molar-refractivity contribution in [1.82, 2.24) is 0 Å². The van der Waals surface area contributed by atoms with Crippen molar-refractivity contribution < 1.29 is 4.79 Å². The Morgan fingerprint density at radius 2 is 1.90 bits per heavy atom. The molecule has 2 aromatic rings. The highest BCUT2D eigenvalue weighted by molar-refractivity contribution is 9.10. The topological polar surface area (TPSA) is 55.1 Å². The van der Waals surface area contributed by atoms with Gasteiger partial charge in [0.2, 0.25) is 5.91 Å². The molecule has 0 aliphatic carbocycles. The number of hydrogen-bond donors (Lipinski definition) is 2. The fourth-order valence-electron chi connectivity index (χ4n) is 2.16. The van der Waals surface area contributed by atoms with E-state index in [1.54, 1.807) is 0 Å². The second-order valence-corrected chi connectivity index (χ2v) is 6.09. The molecule has 110 valence electrons. The highest BCUT2D eigenvalue weighted by Gasteiger charge is 2.12. The molecule has 3 nitrogen and oxygen atoms in total. The lowest BCUT2D eigenvalue weighted by Gasteiger charge is -2.14. The van der Waals surface area contributed by atoms with Gasteiger partial charge in [-0.25, -0.2) is 0 Å². The lowest BCUT2D eigenvalue weighted by atomic mass is 9.97. The van der Waals surface area contributed by atoms with Crippen LogP contribution in [-0.4, -0.2) is 5.91 Å². The highest BCUT2D eigenvalue weighted by atomic mass is 79.9. The summed E-state index contributed by atoms with van der Waals surface area (Å²) in [6.45, 7) is 4.02. The minimum Gasteiger partial charge on any atom is -0.399 e. The lowest BCUT2D eigenvalue weighted by molar-refractivity contribution is -0.116.